The number of halogens is 1. The first-order valence-electron chi connectivity index (χ1n) is 6.45. The molecule has 2 N–H and O–H groups in total. The molecule has 0 saturated heterocycles. The van der Waals surface area contributed by atoms with Crippen LogP contribution >= 0.6 is 0 Å². The molecule has 19 heavy (non-hydrogen) atoms. The van der Waals surface area contributed by atoms with Crippen LogP contribution in [0, 0.1) is 5.82 Å². The molecule has 1 aromatic rings. The van der Waals surface area contributed by atoms with Crippen molar-refractivity contribution in [1.29, 1.82) is 0 Å². The first-order valence-corrected chi connectivity index (χ1v) is 6.45. The lowest BCUT2D eigenvalue weighted by molar-refractivity contribution is -0.120. The van der Waals surface area contributed by atoms with Gasteiger partial charge in [0.15, 0.2) is 0 Å². The van der Waals surface area contributed by atoms with Crippen LogP contribution in [0.2, 0.25) is 0 Å². The zero-order valence-corrected chi connectivity index (χ0v) is 10.7. The van der Waals surface area contributed by atoms with E-state index in [4.69, 9.17) is 0 Å². The summed E-state index contributed by atoms with van der Waals surface area (Å²) < 4.78 is 12.9. The van der Waals surface area contributed by atoms with Crippen LogP contribution < -0.4 is 5.32 Å². The van der Waals surface area contributed by atoms with Crippen molar-refractivity contribution in [2.75, 3.05) is 0 Å². The summed E-state index contributed by atoms with van der Waals surface area (Å²) in [5, 5.41) is 13.4. The van der Waals surface area contributed by atoms with Crippen LogP contribution in [0.15, 0.2) is 36.9 Å². The molecule has 1 amide bonds. The van der Waals surface area contributed by atoms with E-state index in [9.17, 15) is 14.3 Å². The van der Waals surface area contributed by atoms with E-state index >= 15 is 0 Å². The molecule has 1 aromatic carbocycles. The minimum atomic E-state index is -0.834. The Morgan fingerprint density at radius 3 is 2.47 bits per heavy atom. The van der Waals surface area contributed by atoms with Gasteiger partial charge in [-0.1, -0.05) is 31.6 Å². The second-order valence-electron chi connectivity index (χ2n) is 5.01. The van der Waals surface area contributed by atoms with E-state index in [0.717, 1.165) is 12.8 Å². The number of carbonyl (C=O) groups is 1. The number of amides is 1. The van der Waals surface area contributed by atoms with Crippen molar-refractivity contribution in [3.8, 4) is 0 Å². The van der Waals surface area contributed by atoms with Gasteiger partial charge in [0.2, 0.25) is 5.91 Å². The topological polar surface area (TPSA) is 49.3 Å². The standard InChI is InChI=1S/C15H18FNO2/c1-2-13(18)17-15(9-3-4-10-15)14(19)11-5-7-12(16)8-6-11/h2,5-8,14,19H,1,3-4,9-10H2,(H,17,18). The van der Waals surface area contributed by atoms with Crippen LogP contribution in [-0.2, 0) is 4.79 Å². The van der Waals surface area contributed by atoms with Crippen molar-refractivity contribution < 1.29 is 14.3 Å². The van der Waals surface area contributed by atoms with Gasteiger partial charge in [-0.3, -0.25) is 4.79 Å². The van der Waals surface area contributed by atoms with Gasteiger partial charge in [0.1, 0.15) is 11.9 Å². The van der Waals surface area contributed by atoms with Gasteiger partial charge in [-0.25, -0.2) is 4.39 Å². The Balaban J connectivity index is 2.25. The van der Waals surface area contributed by atoms with Crippen molar-refractivity contribution >= 4 is 5.91 Å². The van der Waals surface area contributed by atoms with Crippen molar-refractivity contribution in [2.45, 2.75) is 37.3 Å². The molecule has 1 aliphatic carbocycles. The van der Waals surface area contributed by atoms with Crippen molar-refractivity contribution in [3.63, 3.8) is 0 Å². The summed E-state index contributed by atoms with van der Waals surface area (Å²) >= 11 is 0. The van der Waals surface area contributed by atoms with Gasteiger partial charge >= 0.3 is 0 Å². The Morgan fingerprint density at radius 2 is 1.95 bits per heavy atom. The summed E-state index contributed by atoms with van der Waals surface area (Å²) in [5.41, 5.74) is -0.0454. The molecule has 0 radical (unpaired) electrons. The van der Waals surface area contributed by atoms with E-state index in [1.165, 1.54) is 18.2 Å². The van der Waals surface area contributed by atoms with E-state index in [2.05, 4.69) is 11.9 Å². The minimum absolute atomic E-state index is 0.289. The highest BCUT2D eigenvalue weighted by molar-refractivity contribution is 5.87. The smallest absolute Gasteiger partial charge is 0.243 e. The molecular formula is C15H18FNO2. The molecule has 0 aliphatic heterocycles. The maximum Gasteiger partial charge on any atom is 0.243 e. The molecule has 0 bridgehead atoms. The predicted molar refractivity (Wildman–Crippen MR) is 70.9 cm³/mol. The van der Waals surface area contributed by atoms with E-state index in [1.807, 2.05) is 0 Å². The largest absolute Gasteiger partial charge is 0.386 e. The molecule has 0 spiro atoms. The number of aliphatic hydroxyl groups is 1. The fourth-order valence-electron chi connectivity index (χ4n) is 2.73. The van der Waals surface area contributed by atoms with Gasteiger partial charge in [-0.05, 0) is 36.6 Å². The summed E-state index contributed by atoms with van der Waals surface area (Å²) in [7, 11) is 0. The molecule has 0 aromatic heterocycles. The molecule has 0 heterocycles. The third kappa shape index (κ3) is 2.84. The van der Waals surface area contributed by atoms with Crippen LogP contribution in [-0.4, -0.2) is 16.6 Å². The lowest BCUT2D eigenvalue weighted by atomic mass is 9.85. The molecule has 1 aliphatic rings. The van der Waals surface area contributed by atoms with Gasteiger partial charge in [0, 0.05) is 0 Å². The van der Waals surface area contributed by atoms with Gasteiger partial charge in [-0.2, -0.15) is 0 Å². The second kappa shape index (κ2) is 5.53. The summed E-state index contributed by atoms with van der Waals surface area (Å²) in [4.78, 5) is 11.6. The highest BCUT2D eigenvalue weighted by Crippen LogP contribution is 2.39. The Kier molecular flexibility index (Phi) is 4.00. The van der Waals surface area contributed by atoms with Crippen LogP contribution in [0.1, 0.15) is 37.4 Å². The number of hydrogen-bond acceptors (Lipinski definition) is 2. The Morgan fingerprint density at radius 1 is 1.37 bits per heavy atom. The average molecular weight is 263 g/mol. The molecular weight excluding hydrogens is 245 g/mol. The van der Waals surface area contributed by atoms with E-state index in [0.29, 0.717) is 18.4 Å². The maximum atomic E-state index is 12.9. The fourth-order valence-corrected chi connectivity index (χ4v) is 2.73. The van der Waals surface area contributed by atoms with E-state index in [-0.39, 0.29) is 11.7 Å². The number of rotatable bonds is 4. The van der Waals surface area contributed by atoms with Crippen LogP contribution in [0.5, 0.6) is 0 Å². The SMILES string of the molecule is C=CC(=O)NC1(C(O)c2ccc(F)cc2)CCCC1. The van der Waals surface area contributed by atoms with Crippen LogP contribution in [0.3, 0.4) is 0 Å². The van der Waals surface area contributed by atoms with E-state index < -0.39 is 11.6 Å². The fraction of sp³-hybridized carbons (Fsp3) is 0.400. The van der Waals surface area contributed by atoms with Crippen molar-refractivity contribution in [1.82, 2.24) is 5.32 Å². The van der Waals surface area contributed by atoms with Crippen LogP contribution in [0.4, 0.5) is 4.39 Å². The number of nitrogens with one attached hydrogen (secondary N) is 1. The molecule has 2 rings (SSSR count). The summed E-state index contributed by atoms with van der Waals surface area (Å²) in [6, 6.07) is 5.74. The molecule has 1 unspecified atom stereocenters. The zero-order valence-electron chi connectivity index (χ0n) is 10.7. The highest BCUT2D eigenvalue weighted by atomic mass is 19.1. The summed E-state index contributed by atoms with van der Waals surface area (Å²) in [6.07, 6.45) is 3.71. The quantitative estimate of drug-likeness (QED) is 0.820. The number of aliphatic hydroxyl groups excluding tert-OH is 1. The Hall–Kier alpha value is -1.68. The number of carbonyl (C=O) groups excluding carboxylic acids is 1. The summed E-state index contributed by atoms with van der Waals surface area (Å²) in [6.45, 7) is 3.43. The molecule has 1 saturated carbocycles. The van der Waals surface area contributed by atoms with Gasteiger partial charge < -0.3 is 10.4 Å². The van der Waals surface area contributed by atoms with Crippen molar-refractivity contribution in [2.24, 2.45) is 0 Å². The lowest BCUT2D eigenvalue weighted by Gasteiger charge is -2.35. The first kappa shape index (κ1) is 13.7. The Labute approximate surface area is 112 Å². The molecule has 102 valence electrons. The Bertz CT molecular complexity index is 464. The van der Waals surface area contributed by atoms with E-state index in [1.54, 1.807) is 12.1 Å². The first-order chi connectivity index (χ1) is 9.07. The predicted octanol–water partition coefficient (Wildman–Crippen LogP) is 2.47. The minimum Gasteiger partial charge on any atom is -0.386 e. The third-order valence-corrected chi connectivity index (χ3v) is 3.76. The van der Waals surface area contributed by atoms with Gasteiger partial charge in [0.05, 0.1) is 5.54 Å². The third-order valence-electron chi connectivity index (χ3n) is 3.76. The lowest BCUT2D eigenvalue weighted by Crippen LogP contribution is -2.50. The molecule has 4 heteroatoms. The average Bonchev–Trinajstić information content (AvgIpc) is 2.88. The maximum absolute atomic E-state index is 12.9. The highest BCUT2D eigenvalue weighted by Gasteiger charge is 2.42. The monoisotopic (exact) mass is 263 g/mol. The normalized spacial score (nSPS) is 18.8. The van der Waals surface area contributed by atoms with Crippen LogP contribution in [0.25, 0.3) is 0 Å². The summed E-state index contributed by atoms with van der Waals surface area (Å²) in [5.74, 6) is -0.630. The van der Waals surface area contributed by atoms with Gasteiger partial charge in [0.25, 0.3) is 0 Å². The molecule has 1 atom stereocenters. The molecule has 3 nitrogen and oxygen atoms in total. The van der Waals surface area contributed by atoms with Gasteiger partial charge in [-0.15, -0.1) is 0 Å². The van der Waals surface area contributed by atoms with Crippen molar-refractivity contribution in [3.05, 3.63) is 48.3 Å². The number of benzene rings is 1. The zero-order chi connectivity index (χ0) is 13.9. The molecule has 1 fully saturated rings. The second-order valence-corrected chi connectivity index (χ2v) is 5.01. The number of hydrogen-bond donors (Lipinski definition) is 2.